The van der Waals surface area contributed by atoms with Crippen molar-refractivity contribution in [1.29, 1.82) is 0 Å². The van der Waals surface area contributed by atoms with Crippen LogP contribution in [0.1, 0.15) is 18.2 Å². The van der Waals surface area contributed by atoms with Crippen LogP contribution in [-0.2, 0) is 12.3 Å². The van der Waals surface area contributed by atoms with Crippen molar-refractivity contribution in [1.82, 2.24) is 24.1 Å². The first-order chi connectivity index (χ1) is 13.2. The average Bonchev–Trinajstić information content (AvgIpc) is 3.30. The molecule has 6 nitrogen and oxygen atoms in total. The maximum absolute atomic E-state index is 5.23. The fourth-order valence-electron chi connectivity index (χ4n) is 3.05. The number of aryl methyl sites for hydroxylation is 1. The van der Waals surface area contributed by atoms with Gasteiger partial charge in [0.25, 0.3) is 0 Å². The summed E-state index contributed by atoms with van der Waals surface area (Å²) in [6.07, 6.45) is 4.10. The van der Waals surface area contributed by atoms with E-state index in [4.69, 9.17) is 9.72 Å². The Morgan fingerprint density at radius 2 is 1.93 bits per heavy atom. The lowest BCUT2D eigenvalue weighted by Gasteiger charge is -2.07. The third-order valence-corrected chi connectivity index (χ3v) is 5.46. The molecule has 4 aromatic rings. The highest BCUT2D eigenvalue weighted by Crippen LogP contribution is 2.27. The number of rotatable bonds is 6. The molecular weight excluding hydrogens is 358 g/mol. The zero-order valence-electron chi connectivity index (χ0n) is 15.6. The first-order valence-electron chi connectivity index (χ1n) is 8.83. The average molecular weight is 379 g/mol. The molecular formula is C20H21N5OS. The molecule has 0 saturated heterocycles. The van der Waals surface area contributed by atoms with Crippen LogP contribution in [0, 0.1) is 6.92 Å². The van der Waals surface area contributed by atoms with Crippen LogP contribution in [0.5, 0.6) is 5.75 Å². The molecule has 0 atom stereocenters. The Balaban J connectivity index is 1.56. The first-order valence-corrected chi connectivity index (χ1v) is 9.81. The van der Waals surface area contributed by atoms with Gasteiger partial charge in [0, 0.05) is 30.3 Å². The first kappa shape index (κ1) is 17.6. The van der Waals surface area contributed by atoms with Crippen molar-refractivity contribution in [2.24, 2.45) is 0 Å². The maximum atomic E-state index is 5.23. The number of ether oxygens (including phenoxy) is 1. The van der Waals surface area contributed by atoms with Crippen LogP contribution in [0.2, 0.25) is 0 Å². The molecule has 0 bridgehead atoms. The molecule has 0 unspecified atom stereocenters. The van der Waals surface area contributed by atoms with E-state index in [0.29, 0.717) is 0 Å². The second-order valence-corrected chi connectivity index (χ2v) is 7.16. The van der Waals surface area contributed by atoms with Gasteiger partial charge in [0.2, 0.25) is 0 Å². The molecule has 7 heteroatoms. The van der Waals surface area contributed by atoms with E-state index in [1.807, 2.05) is 36.5 Å². The number of pyridine rings is 1. The number of nitrogens with zero attached hydrogens (tertiary/aromatic N) is 5. The van der Waals surface area contributed by atoms with Crippen molar-refractivity contribution in [3.05, 3.63) is 60.0 Å². The SMILES string of the molecule is CCn1c(SCc2cn3cccc(C)c3n2)nnc1-c1ccc(OC)cc1. The number of hydrogen-bond acceptors (Lipinski definition) is 5. The molecule has 0 N–H and O–H groups in total. The van der Waals surface area contributed by atoms with Crippen molar-refractivity contribution < 1.29 is 4.74 Å². The molecule has 3 heterocycles. The lowest BCUT2D eigenvalue weighted by atomic mass is 10.2. The number of aromatic nitrogens is 5. The van der Waals surface area contributed by atoms with Crippen LogP contribution < -0.4 is 4.74 Å². The van der Waals surface area contributed by atoms with Crippen LogP contribution in [0.4, 0.5) is 0 Å². The van der Waals surface area contributed by atoms with Gasteiger partial charge in [-0.1, -0.05) is 17.8 Å². The summed E-state index contributed by atoms with van der Waals surface area (Å²) in [5.74, 6) is 2.45. The van der Waals surface area contributed by atoms with Gasteiger partial charge < -0.3 is 13.7 Å². The van der Waals surface area contributed by atoms with E-state index >= 15 is 0 Å². The molecule has 0 saturated carbocycles. The minimum atomic E-state index is 0.752. The summed E-state index contributed by atoms with van der Waals surface area (Å²) in [6, 6.07) is 12.0. The second kappa shape index (κ2) is 7.44. The normalized spacial score (nSPS) is 11.2. The van der Waals surface area contributed by atoms with Gasteiger partial charge in [-0.2, -0.15) is 0 Å². The molecule has 3 aromatic heterocycles. The summed E-state index contributed by atoms with van der Waals surface area (Å²) in [7, 11) is 1.67. The van der Waals surface area contributed by atoms with Gasteiger partial charge in [0.05, 0.1) is 12.8 Å². The molecule has 0 fully saturated rings. The van der Waals surface area contributed by atoms with E-state index in [-0.39, 0.29) is 0 Å². The topological polar surface area (TPSA) is 57.2 Å². The van der Waals surface area contributed by atoms with Gasteiger partial charge in [-0.15, -0.1) is 10.2 Å². The summed E-state index contributed by atoms with van der Waals surface area (Å²) < 4.78 is 9.43. The zero-order valence-corrected chi connectivity index (χ0v) is 16.4. The number of hydrogen-bond donors (Lipinski definition) is 0. The summed E-state index contributed by atoms with van der Waals surface area (Å²) in [5, 5.41) is 9.71. The van der Waals surface area contributed by atoms with E-state index < -0.39 is 0 Å². The van der Waals surface area contributed by atoms with Crippen LogP contribution in [0.3, 0.4) is 0 Å². The van der Waals surface area contributed by atoms with Crippen LogP contribution in [0.25, 0.3) is 17.0 Å². The molecule has 0 aliphatic rings. The summed E-state index contributed by atoms with van der Waals surface area (Å²) in [4.78, 5) is 4.74. The monoisotopic (exact) mass is 379 g/mol. The third kappa shape index (κ3) is 3.42. The zero-order chi connectivity index (χ0) is 18.8. The van der Waals surface area contributed by atoms with Crippen LogP contribution in [-0.4, -0.2) is 31.3 Å². The smallest absolute Gasteiger partial charge is 0.191 e. The van der Waals surface area contributed by atoms with E-state index in [1.54, 1.807) is 18.9 Å². The van der Waals surface area contributed by atoms with Crippen LogP contribution in [0.15, 0.2) is 53.9 Å². The molecule has 4 rings (SSSR count). The van der Waals surface area contributed by atoms with Crippen molar-refractivity contribution in [2.45, 2.75) is 31.3 Å². The Morgan fingerprint density at radius 3 is 2.63 bits per heavy atom. The van der Waals surface area contributed by atoms with E-state index in [9.17, 15) is 0 Å². The number of benzene rings is 1. The highest BCUT2D eigenvalue weighted by molar-refractivity contribution is 7.98. The van der Waals surface area contributed by atoms with Gasteiger partial charge >= 0.3 is 0 Å². The third-order valence-electron chi connectivity index (χ3n) is 4.46. The lowest BCUT2D eigenvalue weighted by Crippen LogP contribution is -2.00. The number of thioether (sulfide) groups is 1. The molecule has 27 heavy (non-hydrogen) atoms. The van der Waals surface area contributed by atoms with Crippen molar-refractivity contribution in [2.75, 3.05) is 7.11 Å². The Morgan fingerprint density at radius 1 is 1.11 bits per heavy atom. The quantitative estimate of drug-likeness (QED) is 0.470. The minimum Gasteiger partial charge on any atom is -0.497 e. The Kier molecular flexibility index (Phi) is 4.85. The molecule has 0 amide bonds. The second-order valence-electron chi connectivity index (χ2n) is 6.22. The van der Waals surface area contributed by atoms with Gasteiger partial charge in [-0.25, -0.2) is 4.98 Å². The van der Waals surface area contributed by atoms with Crippen LogP contribution >= 0.6 is 11.8 Å². The predicted octanol–water partition coefficient (Wildman–Crippen LogP) is 4.22. The summed E-state index contributed by atoms with van der Waals surface area (Å²) in [6.45, 7) is 4.99. The maximum Gasteiger partial charge on any atom is 0.191 e. The van der Waals surface area contributed by atoms with Crippen molar-refractivity contribution >= 4 is 17.4 Å². The van der Waals surface area contributed by atoms with E-state index in [2.05, 4.69) is 45.3 Å². The molecule has 0 aliphatic heterocycles. The Hall–Kier alpha value is -2.80. The number of imidazole rings is 1. The predicted molar refractivity (Wildman–Crippen MR) is 107 cm³/mol. The number of fused-ring (bicyclic) bond motifs is 1. The largest absolute Gasteiger partial charge is 0.497 e. The lowest BCUT2D eigenvalue weighted by molar-refractivity contribution is 0.415. The van der Waals surface area contributed by atoms with E-state index in [1.165, 1.54) is 5.56 Å². The fraction of sp³-hybridized carbons (Fsp3) is 0.250. The van der Waals surface area contributed by atoms with Gasteiger partial charge in [-0.05, 0) is 49.7 Å². The Labute approximate surface area is 162 Å². The Bertz CT molecular complexity index is 1070. The molecule has 138 valence electrons. The molecule has 0 spiro atoms. The molecule has 1 aromatic carbocycles. The van der Waals surface area contributed by atoms with Gasteiger partial charge in [0.1, 0.15) is 11.4 Å². The molecule has 0 radical (unpaired) electrons. The minimum absolute atomic E-state index is 0.752. The fourth-order valence-corrected chi connectivity index (χ4v) is 3.93. The standard InChI is InChI=1S/C20H21N5OS/c1-4-25-19(15-7-9-17(26-3)10-8-15)22-23-20(25)27-13-16-12-24-11-5-6-14(2)18(24)21-16/h5-12H,4,13H2,1-3H3. The van der Waals surface area contributed by atoms with Gasteiger partial charge in [0.15, 0.2) is 11.0 Å². The van der Waals surface area contributed by atoms with Gasteiger partial charge in [-0.3, -0.25) is 0 Å². The van der Waals surface area contributed by atoms with E-state index in [0.717, 1.165) is 45.9 Å². The highest BCUT2D eigenvalue weighted by atomic mass is 32.2. The van der Waals surface area contributed by atoms with Crippen molar-refractivity contribution in [3.8, 4) is 17.1 Å². The molecule has 0 aliphatic carbocycles. The summed E-state index contributed by atoms with van der Waals surface area (Å²) >= 11 is 1.66. The highest BCUT2D eigenvalue weighted by Gasteiger charge is 2.14. The summed E-state index contributed by atoms with van der Waals surface area (Å²) in [5.41, 5.74) is 4.24. The van der Waals surface area contributed by atoms with Crippen molar-refractivity contribution in [3.63, 3.8) is 0 Å². The number of methoxy groups -OCH3 is 1.